The number of methoxy groups -OCH3 is 1. The highest BCUT2D eigenvalue weighted by molar-refractivity contribution is 5.42. The number of nitrogens with two attached hydrogens (primary N) is 1. The van der Waals surface area contributed by atoms with Crippen molar-refractivity contribution in [3.8, 4) is 11.5 Å². The third-order valence-electron chi connectivity index (χ3n) is 2.73. The highest BCUT2D eigenvalue weighted by Gasteiger charge is 2.10. The van der Waals surface area contributed by atoms with Gasteiger partial charge in [-0.2, -0.15) is 0 Å². The summed E-state index contributed by atoms with van der Waals surface area (Å²) in [5, 5.41) is 0. The summed E-state index contributed by atoms with van der Waals surface area (Å²) in [5.74, 6) is 1.48. The van der Waals surface area contributed by atoms with Crippen LogP contribution in [0.1, 0.15) is 19.4 Å². The predicted molar refractivity (Wildman–Crippen MR) is 72.3 cm³/mol. The van der Waals surface area contributed by atoms with E-state index in [0.29, 0.717) is 19.8 Å². The van der Waals surface area contributed by atoms with Crippen molar-refractivity contribution >= 4 is 0 Å². The van der Waals surface area contributed by atoms with Crippen LogP contribution in [0.4, 0.5) is 0 Å². The second-order valence-corrected chi connectivity index (χ2v) is 3.96. The molecule has 0 saturated heterocycles. The van der Waals surface area contributed by atoms with E-state index >= 15 is 0 Å². The Balaban J connectivity index is 2.65. The Bertz CT molecular complexity index is 355. The van der Waals surface area contributed by atoms with Gasteiger partial charge in [0.15, 0.2) is 11.5 Å². The predicted octanol–water partition coefficient (Wildman–Crippen LogP) is 2.00. The average molecular weight is 253 g/mol. The molecule has 1 atom stereocenters. The SMILES string of the molecule is CCOC(CN)COc1ccc(CC)cc1OC. The van der Waals surface area contributed by atoms with Crippen molar-refractivity contribution in [3.63, 3.8) is 0 Å². The summed E-state index contributed by atoms with van der Waals surface area (Å²) >= 11 is 0. The molecule has 102 valence electrons. The molecule has 2 N–H and O–H groups in total. The van der Waals surface area contributed by atoms with Crippen molar-refractivity contribution in [2.75, 3.05) is 26.9 Å². The summed E-state index contributed by atoms with van der Waals surface area (Å²) in [6.07, 6.45) is 0.895. The first-order valence-corrected chi connectivity index (χ1v) is 6.36. The molecule has 0 amide bonds. The number of benzene rings is 1. The van der Waals surface area contributed by atoms with Gasteiger partial charge in [-0.25, -0.2) is 0 Å². The van der Waals surface area contributed by atoms with E-state index in [4.69, 9.17) is 19.9 Å². The van der Waals surface area contributed by atoms with Gasteiger partial charge in [-0.1, -0.05) is 13.0 Å². The monoisotopic (exact) mass is 253 g/mol. The van der Waals surface area contributed by atoms with Crippen LogP contribution in [0.15, 0.2) is 18.2 Å². The highest BCUT2D eigenvalue weighted by Crippen LogP contribution is 2.28. The van der Waals surface area contributed by atoms with Crippen LogP contribution in [0.25, 0.3) is 0 Å². The third kappa shape index (κ3) is 4.20. The minimum atomic E-state index is -0.0782. The fourth-order valence-electron chi connectivity index (χ4n) is 1.65. The van der Waals surface area contributed by atoms with Crippen LogP contribution in [-0.4, -0.2) is 33.0 Å². The summed E-state index contributed by atoms with van der Waals surface area (Å²) in [4.78, 5) is 0. The number of hydrogen-bond donors (Lipinski definition) is 1. The van der Waals surface area contributed by atoms with Crippen molar-refractivity contribution in [3.05, 3.63) is 23.8 Å². The maximum absolute atomic E-state index is 5.70. The Morgan fingerprint density at radius 3 is 2.56 bits per heavy atom. The zero-order chi connectivity index (χ0) is 13.4. The molecule has 0 bridgehead atoms. The smallest absolute Gasteiger partial charge is 0.161 e. The first-order valence-electron chi connectivity index (χ1n) is 6.36. The average Bonchev–Trinajstić information content (AvgIpc) is 2.43. The normalized spacial score (nSPS) is 12.2. The molecule has 0 aromatic heterocycles. The van der Waals surface area contributed by atoms with Crippen LogP contribution < -0.4 is 15.2 Å². The van der Waals surface area contributed by atoms with Crippen molar-refractivity contribution < 1.29 is 14.2 Å². The summed E-state index contributed by atoms with van der Waals surface area (Å²) in [7, 11) is 1.64. The molecular formula is C14H23NO3. The van der Waals surface area contributed by atoms with Crippen LogP contribution in [0, 0.1) is 0 Å². The standard InChI is InChI=1S/C14H23NO3/c1-4-11-6-7-13(14(8-11)16-3)18-10-12(9-15)17-5-2/h6-8,12H,4-5,9-10,15H2,1-3H3. The van der Waals surface area contributed by atoms with Gasteiger partial charge in [0.1, 0.15) is 12.7 Å². The fraction of sp³-hybridized carbons (Fsp3) is 0.571. The van der Waals surface area contributed by atoms with Crippen LogP contribution in [0.2, 0.25) is 0 Å². The zero-order valence-electron chi connectivity index (χ0n) is 11.4. The van der Waals surface area contributed by atoms with E-state index in [1.165, 1.54) is 5.56 Å². The molecule has 1 unspecified atom stereocenters. The molecule has 18 heavy (non-hydrogen) atoms. The molecule has 1 aromatic rings. The second kappa shape index (κ2) is 7.95. The van der Waals surface area contributed by atoms with Crippen LogP contribution in [0.5, 0.6) is 11.5 Å². The molecule has 0 heterocycles. The zero-order valence-corrected chi connectivity index (χ0v) is 11.4. The second-order valence-electron chi connectivity index (χ2n) is 3.96. The van der Waals surface area contributed by atoms with Crippen molar-refractivity contribution in [2.24, 2.45) is 5.73 Å². The molecule has 0 aliphatic carbocycles. The first kappa shape index (κ1) is 14.8. The molecule has 4 nitrogen and oxygen atoms in total. The number of hydrogen-bond acceptors (Lipinski definition) is 4. The van der Waals surface area contributed by atoms with Crippen molar-refractivity contribution in [2.45, 2.75) is 26.4 Å². The van der Waals surface area contributed by atoms with Gasteiger partial charge < -0.3 is 19.9 Å². The van der Waals surface area contributed by atoms with Gasteiger partial charge in [-0.05, 0) is 31.0 Å². The number of ether oxygens (including phenoxy) is 3. The van der Waals surface area contributed by atoms with Crippen molar-refractivity contribution in [1.29, 1.82) is 0 Å². The number of rotatable bonds is 8. The summed E-state index contributed by atoms with van der Waals surface area (Å²) < 4.78 is 16.5. The van der Waals surface area contributed by atoms with E-state index < -0.39 is 0 Å². The molecule has 1 rings (SSSR count). The minimum Gasteiger partial charge on any atom is -0.493 e. The largest absolute Gasteiger partial charge is 0.493 e. The maximum atomic E-state index is 5.70. The van der Waals surface area contributed by atoms with Crippen LogP contribution >= 0.6 is 0 Å². The van der Waals surface area contributed by atoms with E-state index in [0.717, 1.165) is 17.9 Å². The molecule has 0 spiro atoms. The minimum absolute atomic E-state index is 0.0782. The Morgan fingerprint density at radius 1 is 1.22 bits per heavy atom. The van der Waals surface area contributed by atoms with E-state index in [2.05, 4.69) is 6.92 Å². The van der Waals surface area contributed by atoms with E-state index in [1.54, 1.807) is 7.11 Å². The van der Waals surface area contributed by atoms with Crippen molar-refractivity contribution in [1.82, 2.24) is 0 Å². The van der Waals surface area contributed by atoms with Gasteiger partial charge in [0.05, 0.1) is 7.11 Å². The van der Waals surface area contributed by atoms with Gasteiger partial charge in [0.2, 0.25) is 0 Å². The third-order valence-corrected chi connectivity index (χ3v) is 2.73. The van der Waals surface area contributed by atoms with Gasteiger partial charge in [-0.15, -0.1) is 0 Å². The Hall–Kier alpha value is -1.26. The number of aryl methyl sites for hydroxylation is 1. The summed E-state index contributed by atoms with van der Waals surface area (Å²) in [5.41, 5.74) is 6.82. The Morgan fingerprint density at radius 2 is 2.00 bits per heavy atom. The van der Waals surface area contributed by atoms with E-state index in [9.17, 15) is 0 Å². The highest BCUT2D eigenvalue weighted by atomic mass is 16.5. The van der Waals surface area contributed by atoms with Gasteiger partial charge in [0, 0.05) is 13.2 Å². The van der Waals surface area contributed by atoms with Gasteiger partial charge in [0.25, 0.3) is 0 Å². The molecule has 0 saturated carbocycles. The topological polar surface area (TPSA) is 53.7 Å². The lowest BCUT2D eigenvalue weighted by Gasteiger charge is -2.17. The van der Waals surface area contributed by atoms with Crippen LogP contribution in [-0.2, 0) is 11.2 Å². The molecule has 4 heteroatoms. The van der Waals surface area contributed by atoms with E-state index in [-0.39, 0.29) is 6.10 Å². The van der Waals surface area contributed by atoms with Gasteiger partial charge >= 0.3 is 0 Å². The molecule has 0 radical (unpaired) electrons. The lowest BCUT2D eigenvalue weighted by molar-refractivity contribution is 0.0330. The Kier molecular flexibility index (Phi) is 6.54. The first-order chi connectivity index (χ1) is 8.74. The fourth-order valence-corrected chi connectivity index (χ4v) is 1.65. The maximum Gasteiger partial charge on any atom is 0.161 e. The molecular weight excluding hydrogens is 230 g/mol. The van der Waals surface area contributed by atoms with E-state index in [1.807, 2.05) is 25.1 Å². The molecule has 0 aliphatic heterocycles. The van der Waals surface area contributed by atoms with Crippen LogP contribution in [0.3, 0.4) is 0 Å². The summed E-state index contributed by atoms with van der Waals surface area (Å²) in [6, 6.07) is 5.96. The summed E-state index contributed by atoms with van der Waals surface area (Å²) in [6.45, 7) is 5.57. The van der Waals surface area contributed by atoms with Gasteiger partial charge in [-0.3, -0.25) is 0 Å². The lowest BCUT2D eigenvalue weighted by atomic mass is 10.1. The molecule has 0 aliphatic rings. The quantitative estimate of drug-likeness (QED) is 0.770. The molecule has 0 fully saturated rings. The lowest BCUT2D eigenvalue weighted by Crippen LogP contribution is -2.30. The Labute approximate surface area is 109 Å². The molecule has 1 aromatic carbocycles.